The molecule has 196 valence electrons. The Morgan fingerprint density at radius 3 is 2.37 bits per heavy atom. The van der Waals surface area contributed by atoms with Crippen molar-refractivity contribution in [3.8, 4) is 22.7 Å². The fraction of sp³-hybridized carbons (Fsp3) is 0.267. The average Bonchev–Trinajstić information content (AvgIpc) is 3.33. The minimum Gasteiger partial charge on any atom is -0.508 e. The number of amides is 2. The van der Waals surface area contributed by atoms with Crippen molar-refractivity contribution in [2.45, 2.75) is 51.5 Å². The molecule has 0 fully saturated rings. The van der Waals surface area contributed by atoms with E-state index in [-0.39, 0.29) is 29.9 Å². The van der Waals surface area contributed by atoms with Crippen molar-refractivity contribution in [1.29, 1.82) is 0 Å². The molecule has 2 aromatic heterocycles. The Morgan fingerprint density at radius 1 is 1.05 bits per heavy atom. The summed E-state index contributed by atoms with van der Waals surface area (Å²) in [5.41, 5.74) is 11.0. The monoisotopic (exact) mass is 511 g/mol. The molecule has 0 aliphatic heterocycles. The Bertz CT molecular complexity index is 1390. The lowest BCUT2D eigenvalue weighted by Gasteiger charge is -2.19. The number of nitrogens with two attached hydrogens (primary N) is 1. The Balaban J connectivity index is 1.50. The first-order valence-electron chi connectivity index (χ1n) is 12.6. The summed E-state index contributed by atoms with van der Waals surface area (Å²) in [6.45, 7) is 6.52. The number of primary amides is 1. The first kappa shape index (κ1) is 26.6. The van der Waals surface area contributed by atoms with Gasteiger partial charge in [0.05, 0.1) is 17.1 Å². The molecule has 0 radical (unpaired) electrons. The Hall–Kier alpha value is -4.46. The molecule has 0 saturated carbocycles. The van der Waals surface area contributed by atoms with Gasteiger partial charge < -0.3 is 16.2 Å². The molecule has 4 N–H and O–H groups in total. The first-order chi connectivity index (χ1) is 18.1. The van der Waals surface area contributed by atoms with E-state index in [1.54, 1.807) is 24.5 Å². The Labute approximate surface area is 222 Å². The van der Waals surface area contributed by atoms with Gasteiger partial charge in [-0.15, -0.1) is 0 Å². The summed E-state index contributed by atoms with van der Waals surface area (Å²) < 4.78 is 1.87. The summed E-state index contributed by atoms with van der Waals surface area (Å²) in [5.74, 6) is -0.781. The number of phenols is 1. The van der Waals surface area contributed by atoms with Crippen LogP contribution in [-0.4, -0.2) is 37.7 Å². The maximum atomic E-state index is 12.7. The summed E-state index contributed by atoms with van der Waals surface area (Å²) in [6, 6.07) is 19.7. The number of phenolic OH excluding ortho intramolecular Hbond substituents is 1. The van der Waals surface area contributed by atoms with Gasteiger partial charge in [-0.25, -0.2) is 4.68 Å². The van der Waals surface area contributed by atoms with E-state index < -0.39 is 11.9 Å². The van der Waals surface area contributed by atoms with Gasteiger partial charge in [0.15, 0.2) is 0 Å². The highest BCUT2D eigenvalue weighted by atomic mass is 16.3. The summed E-state index contributed by atoms with van der Waals surface area (Å²) in [7, 11) is 0. The van der Waals surface area contributed by atoms with E-state index in [4.69, 9.17) is 10.8 Å². The van der Waals surface area contributed by atoms with Gasteiger partial charge in [0.1, 0.15) is 11.8 Å². The molecule has 4 aromatic rings. The number of carbonyl (C=O) groups excluding carboxylic acids is 2. The molecule has 8 nitrogen and oxygen atoms in total. The molecular weight excluding hydrogens is 478 g/mol. The number of carbonyl (C=O) groups is 2. The van der Waals surface area contributed by atoms with Gasteiger partial charge in [-0.05, 0) is 59.0 Å². The van der Waals surface area contributed by atoms with Gasteiger partial charge in [0.2, 0.25) is 11.8 Å². The van der Waals surface area contributed by atoms with Crippen LogP contribution in [-0.2, 0) is 27.8 Å². The standard InChI is InChI=1S/C30H33N5O3/c1-30(2,3)22-8-11-24(12-9-22)35-27(21-5-4-16-32-19-21)18-23(34-35)10-15-28(37)33-26(29(31)38)17-20-6-13-25(36)14-7-20/h4-9,11-14,16,18-19,26,36H,10,15,17H2,1-3H3,(H2,31,38)(H,33,37). The maximum absolute atomic E-state index is 12.7. The number of hydrogen-bond acceptors (Lipinski definition) is 5. The predicted octanol–water partition coefficient (Wildman–Crippen LogP) is 4.08. The van der Waals surface area contributed by atoms with Gasteiger partial charge in [-0.1, -0.05) is 45.0 Å². The number of nitrogens with zero attached hydrogens (tertiary/aromatic N) is 3. The highest BCUT2D eigenvalue weighted by Gasteiger charge is 2.20. The molecule has 4 rings (SSSR count). The third kappa shape index (κ3) is 6.64. The molecule has 0 aliphatic carbocycles. The molecule has 0 aliphatic rings. The van der Waals surface area contributed by atoms with Crippen molar-refractivity contribution < 1.29 is 14.7 Å². The van der Waals surface area contributed by atoms with E-state index in [0.29, 0.717) is 6.42 Å². The van der Waals surface area contributed by atoms with Crippen LogP contribution in [0.2, 0.25) is 0 Å². The van der Waals surface area contributed by atoms with Crippen LogP contribution in [0, 0.1) is 0 Å². The minimum absolute atomic E-state index is 0.0401. The van der Waals surface area contributed by atoms with Crippen LogP contribution >= 0.6 is 0 Å². The van der Waals surface area contributed by atoms with Crippen molar-refractivity contribution in [1.82, 2.24) is 20.1 Å². The van der Waals surface area contributed by atoms with E-state index >= 15 is 0 Å². The first-order valence-corrected chi connectivity index (χ1v) is 12.6. The van der Waals surface area contributed by atoms with Crippen LogP contribution in [0.5, 0.6) is 5.75 Å². The zero-order chi connectivity index (χ0) is 27.3. The van der Waals surface area contributed by atoms with Crippen molar-refractivity contribution in [2.75, 3.05) is 0 Å². The molecule has 1 atom stereocenters. The average molecular weight is 512 g/mol. The molecule has 2 amide bonds. The van der Waals surface area contributed by atoms with Crippen LogP contribution < -0.4 is 11.1 Å². The second-order valence-electron chi connectivity index (χ2n) is 10.4. The molecule has 1 unspecified atom stereocenters. The number of aromatic nitrogens is 3. The van der Waals surface area contributed by atoms with E-state index in [0.717, 1.165) is 28.2 Å². The van der Waals surface area contributed by atoms with Crippen molar-refractivity contribution in [3.05, 3.63) is 95.9 Å². The van der Waals surface area contributed by atoms with Gasteiger partial charge in [-0.2, -0.15) is 5.10 Å². The van der Waals surface area contributed by atoms with Crippen molar-refractivity contribution >= 4 is 11.8 Å². The highest BCUT2D eigenvalue weighted by molar-refractivity contribution is 5.86. The van der Waals surface area contributed by atoms with Crippen LogP contribution in [0.25, 0.3) is 16.9 Å². The molecule has 2 heterocycles. The molecule has 2 aromatic carbocycles. The third-order valence-corrected chi connectivity index (χ3v) is 6.36. The van der Waals surface area contributed by atoms with Crippen LogP contribution in [0.15, 0.2) is 79.1 Å². The van der Waals surface area contributed by atoms with Crippen molar-refractivity contribution in [3.63, 3.8) is 0 Å². The minimum atomic E-state index is -0.850. The molecule has 38 heavy (non-hydrogen) atoms. The van der Waals surface area contributed by atoms with Crippen LogP contribution in [0.4, 0.5) is 0 Å². The third-order valence-electron chi connectivity index (χ3n) is 6.36. The summed E-state index contributed by atoms with van der Waals surface area (Å²) >= 11 is 0. The van der Waals surface area contributed by atoms with Gasteiger partial charge in [0.25, 0.3) is 0 Å². The van der Waals surface area contributed by atoms with E-state index in [1.165, 1.54) is 17.7 Å². The number of aryl methyl sites for hydroxylation is 1. The number of pyridine rings is 1. The number of hydrogen-bond donors (Lipinski definition) is 3. The van der Waals surface area contributed by atoms with E-state index in [2.05, 4.69) is 43.2 Å². The zero-order valence-electron chi connectivity index (χ0n) is 21.9. The lowest BCUT2D eigenvalue weighted by molar-refractivity contribution is -0.127. The van der Waals surface area contributed by atoms with Gasteiger partial charge in [0, 0.05) is 37.2 Å². The van der Waals surface area contributed by atoms with Gasteiger partial charge >= 0.3 is 0 Å². The lowest BCUT2D eigenvalue weighted by atomic mass is 9.87. The molecule has 8 heteroatoms. The maximum Gasteiger partial charge on any atom is 0.240 e. The van der Waals surface area contributed by atoms with Crippen LogP contribution in [0.3, 0.4) is 0 Å². The van der Waals surface area contributed by atoms with Crippen molar-refractivity contribution in [2.24, 2.45) is 5.73 Å². The number of benzene rings is 2. The Morgan fingerprint density at radius 2 is 1.76 bits per heavy atom. The number of aromatic hydroxyl groups is 1. The Kier molecular flexibility index (Phi) is 7.90. The second kappa shape index (κ2) is 11.3. The fourth-order valence-electron chi connectivity index (χ4n) is 4.17. The lowest BCUT2D eigenvalue weighted by Crippen LogP contribution is -2.45. The largest absolute Gasteiger partial charge is 0.508 e. The molecule has 0 bridgehead atoms. The fourth-order valence-corrected chi connectivity index (χ4v) is 4.17. The zero-order valence-corrected chi connectivity index (χ0v) is 21.9. The van der Waals surface area contributed by atoms with Gasteiger partial charge in [-0.3, -0.25) is 14.6 Å². The predicted molar refractivity (Wildman–Crippen MR) is 147 cm³/mol. The molecule has 0 saturated heterocycles. The normalized spacial score (nSPS) is 12.2. The highest BCUT2D eigenvalue weighted by Crippen LogP contribution is 2.27. The van der Waals surface area contributed by atoms with E-state index in [9.17, 15) is 14.7 Å². The van der Waals surface area contributed by atoms with E-state index in [1.807, 2.05) is 35.0 Å². The second-order valence-corrected chi connectivity index (χ2v) is 10.4. The number of nitrogens with one attached hydrogen (secondary N) is 1. The topological polar surface area (TPSA) is 123 Å². The molecule has 0 spiro atoms. The smallest absolute Gasteiger partial charge is 0.240 e. The van der Waals surface area contributed by atoms with Crippen LogP contribution in [0.1, 0.15) is 44.0 Å². The summed E-state index contributed by atoms with van der Waals surface area (Å²) in [4.78, 5) is 29.0. The summed E-state index contributed by atoms with van der Waals surface area (Å²) in [5, 5.41) is 17.0. The molecular formula is C30H33N5O3. The number of rotatable bonds is 9. The SMILES string of the molecule is CC(C)(C)c1ccc(-n2nc(CCC(=O)NC(Cc3ccc(O)cc3)C(N)=O)cc2-c2cccnc2)cc1. The quantitative estimate of drug-likeness (QED) is 0.312. The summed E-state index contributed by atoms with van der Waals surface area (Å²) in [6.07, 6.45) is 4.28.